The summed E-state index contributed by atoms with van der Waals surface area (Å²) in [4.78, 5) is 8.13. The van der Waals surface area contributed by atoms with Gasteiger partial charge in [-0.2, -0.15) is 0 Å². The molecule has 0 aromatic heterocycles. The fraction of sp³-hybridized carbons (Fsp3) is 1.00. The Hall–Kier alpha value is -0.120. The van der Waals surface area contributed by atoms with Crippen LogP contribution in [0, 0.1) is 5.92 Å². The molecule has 3 nitrogen and oxygen atoms in total. The van der Waals surface area contributed by atoms with Gasteiger partial charge in [0, 0.05) is 38.3 Å². The third kappa shape index (κ3) is 2.59. The van der Waals surface area contributed by atoms with Crippen molar-refractivity contribution in [2.75, 3.05) is 45.8 Å². The Balaban J connectivity index is 1.49. The first-order valence-electron chi connectivity index (χ1n) is 8.02. The van der Waals surface area contributed by atoms with E-state index in [1.165, 1.54) is 65.1 Å². The molecule has 0 aromatic rings. The molecule has 2 heterocycles. The summed E-state index contributed by atoms with van der Waals surface area (Å²) in [7, 11) is 0. The minimum Gasteiger partial charge on any atom is -0.303 e. The summed E-state index contributed by atoms with van der Waals surface area (Å²) in [6, 6.07) is 1.82. The van der Waals surface area contributed by atoms with Gasteiger partial charge in [-0.3, -0.25) is 9.80 Å². The molecule has 104 valence electrons. The van der Waals surface area contributed by atoms with Crippen molar-refractivity contribution in [3.05, 3.63) is 0 Å². The summed E-state index contributed by atoms with van der Waals surface area (Å²) in [6.07, 6.45) is 4.32. The standard InChI is InChI=1S/C15H29N3/c1-3-16-7-5-6-13(11-16)12-18-9-8-17(4-2)14-10-15(14)18/h13-15H,3-12H2,1-2H3. The smallest absolute Gasteiger partial charge is 0.0268 e. The highest BCUT2D eigenvalue weighted by Gasteiger charge is 2.48. The Morgan fingerprint density at radius 3 is 2.50 bits per heavy atom. The number of piperidine rings is 1. The summed E-state index contributed by atoms with van der Waals surface area (Å²) in [6.45, 7) is 13.8. The van der Waals surface area contributed by atoms with Gasteiger partial charge < -0.3 is 4.90 Å². The second kappa shape index (κ2) is 5.48. The van der Waals surface area contributed by atoms with Crippen molar-refractivity contribution in [3.8, 4) is 0 Å². The van der Waals surface area contributed by atoms with Crippen LogP contribution in [0.3, 0.4) is 0 Å². The highest BCUT2D eigenvalue weighted by molar-refractivity contribution is 5.06. The average Bonchev–Trinajstić information content (AvgIpc) is 3.20. The first-order valence-corrected chi connectivity index (χ1v) is 8.02. The molecule has 0 amide bonds. The van der Waals surface area contributed by atoms with Crippen LogP contribution in [-0.2, 0) is 0 Å². The van der Waals surface area contributed by atoms with Crippen molar-refractivity contribution in [1.29, 1.82) is 0 Å². The summed E-state index contributed by atoms with van der Waals surface area (Å²) >= 11 is 0. The van der Waals surface area contributed by atoms with E-state index in [4.69, 9.17) is 0 Å². The van der Waals surface area contributed by atoms with E-state index < -0.39 is 0 Å². The lowest BCUT2D eigenvalue weighted by atomic mass is 9.97. The molecule has 2 aliphatic heterocycles. The van der Waals surface area contributed by atoms with Crippen molar-refractivity contribution in [3.63, 3.8) is 0 Å². The number of nitrogens with zero attached hydrogens (tertiary/aromatic N) is 3. The maximum Gasteiger partial charge on any atom is 0.0268 e. The lowest BCUT2D eigenvalue weighted by molar-refractivity contribution is 0.0905. The fourth-order valence-electron chi connectivity index (χ4n) is 4.08. The van der Waals surface area contributed by atoms with Crippen LogP contribution in [0.1, 0.15) is 33.1 Å². The van der Waals surface area contributed by atoms with Crippen LogP contribution in [0.2, 0.25) is 0 Å². The highest BCUT2D eigenvalue weighted by Crippen LogP contribution is 2.37. The average molecular weight is 251 g/mol. The van der Waals surface area contributed by atoms with Gasteiger partial charge in [-0.15, -0.1) is 0 Å². The Labute approximate surface area is 112 Å². The zero-order valence-corrected chi connectivity index (χ0v) is 12.1. The molecule has 0 spiro atoms. The van der Waals surface area contributed by atoms with Crippen molar-refractivity contribution < 1.29 is 0 Å². The first-order chi connectivity index (χ1) is 8.81. The SMILES string of the molecule is CCN1CCCC(CN2CCN(CC)C3CC32)C1. The van der Waals surface area contributed by atoms with Crippen LogP contribution in [0.4, 0.5) is 0 Å². The van der Waals surface area contributed by atoms with Gasteiger partial charge in [-0.05, 0) is 44.8 Å². The van der Waals surface area contributed by atoms with Crippen LogP contribution >= 0.6 is 0 Å². The van der Waals surface area contributed by atoms with Crippen LogP contribution in [-0.4, -0.2) is 72.6 Å². The molecule has 2 saturated heterocycles. The third-order valence-electron chi connectivity index (χ3n) is 5.29. The predicted molar refractivity (Wildman–Crippen MR) is 75.9 cm³/mol. The second-order valence-electron chi connectivity index (χ2n) is 6.40. The van der Waals surface area contributed by atoms with Crippen LogP contribution < -0.4 is 0 Å². The minimum absolute atomic E-state index is 0.912. The molecule has 0 aromatic carbocycles. The Morgan fingerprint density at radius 1 is 0.944 bits per heavy atom. The molecule has 3 atom stereocenters. The van der Waals surface area contributed by atoms with Crippen molar-refractivity contribution >= 4 is 0 Å². The first kappa shape index (κ1) is 12.9. The van der Waals surface area contributed by atoms with E-state index in [1.54, 1.807) is 0 Å². The molecular formula is C15H29N3. The Bertz CT molecular complexity index is 281. The normalized spacial score (nSPS) is 38.7. The quantitative estimate of drug-likeness (QED) is 0.750. The summed E-state index contributed by atoms with van der Waals surface area (Å²) in [5, 5.41) is 0. The monoisotopic (exact) mass is 251 g/mol. The number of hydrogen-bond acceptors (Lipinski definition) is 3. The molecule has 3 aliphatic rings. The largest absolute Gasteiger partial charge is 0.303 e. The van der Waals surface area contributed by atoms with Gasteiger partial charge in [-0.1, -0.05) is 13.8 Å². The number of fused-ring (bicyclic) bond motifs is 1. The maximum absolute atomic E-state index is 2.81. The molecule has 0 radical (unpaired) electrons. The molecule has 3 unspecified atom stereocenters. The molecule has 1 saturated carbocycles. The lowest BCUT2D eigenvalue weighted by Crippen LogP contribution is -2.49. The van der Waals surface area contributed by atoms with Gasteiger partial charge in [0.1, 0.15) is 0 Å². The number of hydrogen-bond donors (Lipinski definition) is 0. The van der Waals surface area contributed by atoms with E-state index in [0.717, 1.165) is 18.0 Å². The number of piperazine rings is 1. The lowest BCUT2D eigenvalue weighted by Gasteiger charge is -2.38. The summed E-state index contributed by atoms with van der Waals surface area (Å²) in [5.74, 6) is 0.938. The van der Waals surface area contributed by atoms with Gasteiger partial charge in [0.05, 0.1) is 0 Å². The molecule has 0 N–H and O–H groups in total. The third-order valence-corrected chi connectivity index (χ3v) is 5.29. The molecule has 0 bridgehead atoms. The van der Waals surface area contributed by atoms with Crippen LogP contribution in [0.25, 0.3) is 0 Å². The van der Waals surface area contributed by atoms with E-state index in [9.17, 15) is 0 Å². The van der Waals surface area contributed by atoms with Crippen molar-refractivity contribution in [2.45, 2.75) is 45.2 Å². The summed E-state index contributed by atoms with van der Waals surface area (Å²) in [5.41, 5.74) is 0. The van der Waals surface area contributed by atoms with Gasteiger partial charge in [0.15, 0.2) is 0 Å². The highest BCUT2D eigenvalue weighted by atomic mass is 15.4. The molecule has 1 aliphatic carbocycles. The van der Waals surface area contributed by atoms with Crippen molar-refractivity contribution in [2.24, 2.45) is 5.92 Å². The molecule has 3 rings (SSSR count). The van der Waals surface area contributed by atoms with Gasteiger partial charge in [0.25, 0.3) is 0 Å². The number of rotatable bonds is 4. The predicted octanol–water partition coefficient (Wildman–Crippen LogP) is 1.50. The van der Waals surface area contributed by atoms with E-state index in [1.807, 2.05) is 0 Å². The maximum atomic E-state index is 2.81. The zero-order valence-electron chi connectivity index (χ0n) is 12.1. The second-order valence-corrected chi connectivity index (χ2v) is 6.40. The van der Waals surface area contributed by atoms with Crippen LogP contribution in [0.15, 0.2) is 0 Å². The van der Waals surface area contributed by atoms with E-state index in [2.05, 4.69) is 28.5 Å². The van der Waals surface area contributed by atoms with E-state index in [-0.39, 0.29) is 0 Å². The number of likely N-dealkylation sites (N-methyl/N-ethyl adjacent to an activating group) is 1. The van der Waals surface area contributed by atoms with Crippen LogP contribution in [0.5, 0.6) is 0 Å². The molecule has 3 heteroatoms. The fourth-order valence-corrected chi connectivity index (χ4v) is 4.08. The summed E-state index contributed by atoms with van der Waals surface area (Å²) < 4.78 is 0. The molecule has 18 heavy (non-hydrogen) atoms. The van der Waals surface area contributed by atoms with E-state index >= 15 is 0 Å². The Morgan fingerprint density at radius 2 is 1.72 bits per heavy atom. The van der Waals surface area contributed by atoms with Gasteiger partial charge >= 0.3 is 0 Å². The van der Waals surface area contributed by atoms with E-state index in [0.29, 0.717) is 0 Å². The topological polar surface area (TPSA) is 9.72 Å². The zero-order chi connectivity index (χ0) is 12.5. The molecule has 3 fully saturated rings. The minimum atomic E-state index is 0.912. The van der Waals surface area contributed by atoms with Crippen molar-refractivity contribution in [1.82, 2.24) is 14.7 Å². The number of likely N-dealkylation sites (tertiary alicyclic amines) is 1. The molecular weight excluding hydrogens is 222 g/mol. The van der Waals surface area contributed by atoms with Gasteiger partial charge in [-0.25, -0.2) is 0 Å². The Kier molecular flexibility index (Phi) is 3.92. The van der Waals surface area contributed by atoms with Gasteiger partial charge in [0.2, 0.25) is 0 Å².